The summed E-state index contributed by atoms with van der Waals surface area (Å²) >= 11 is 0. The Balaban J connectivity index is 2.07. The van der Waals surface area contributed by atoms with Gasteiger partial charge in [-0.3, -0.25) is 4.90 Å². The van der Waals surface area contributed by atoms with E-state index in [9.17, 15) is 10.2 Å². The molecule has 0 saturated carbocycles. The van der Waals surface area contributed by atoms with E-state index in [0.717, 1.165) is 24.9 Å². The van der Waals surface area contributed by atoms with Crippen molar-refractivity contribution < 1.29 is 14.9 Å². The molecular formula is C13H19NO3. The lowest BCUT2D eigenvalue weighted by molar-refractivity contribution is 0.0664. The van der Waals surface area contributed by atoms with E-state index >= 15 is 0 Å². The topological polar surface area (TPSA) is 52.9 Å². The quantitative estimate of drug-likeness (QED) is 0.833. The van der Waals surface area contributed by atoms with Gasteiger partial charge in [-0.25, -0.2) is 0 Å². The number of ether oxygens (including phenoxy) is 1. The Morgan fingerprint density at radius 1 is 1.47 bits per heavy atom. The molecule has 1 aliphatic heterocycles. The minimum atomic E-state index is -0.239. The molecule has 4 heteroatoms. The number of hydrogen-bond donors (Lipinski definition) is 2. The van der Waals surface area contributed by atoms with Crippen LogP contribution in [0.2, 0.25) is 0 Å². The molecule has 0 bridgehead atoms. The first-order chi connectivity index (χ1) is 8.20. The molecule has 1 aromatic carbocycles. The van der Waals surface area contributed by atoms with Gasteiger partial charge in [0.25, 0.3) is 0 Å². The lowest BCUT2D eigenvalue weighted by atomic mass is 10.1. The molecule has 1 saturated heterocycles. The molecule has 17 heavy (non-hydrogen) atoms. The molecule has 0 radical (unpaired) electrons. The Morgan fingerprint density at radius 2 is 2.29 bits per heavy atom. The molecule has 2 N–H and O–H groups in total. The van der Waals surface area contributed by atoms with Gasteiger partial charge in [-0.1, -0.05) is 12.1 Å². The maximum Gasteiger partial charge on any atom is 0.162 e. The Morgan fingerprint density at radius 3 is 3.00 bits per heavy atom. The van der Waals surface area contributed by atoms with Crippen LogP contribution in [0.25, 0.3) is 0 Å². The Bertz CT molecular complexity index is 381. The van der Waals surface area contributed by atoms with Crippen molar-refractivity contribution in [3.8, 4) is 11.5 Å². The maximum atomic E-state index is 9.97. The fourth-order valence-corrected chi connectivity index (χ4v) is 2.28. The van der Waals surface area contributed by atoms with Crippen molar-refractivity contribution in [2.24, 2.45) is 0 Å². The predicted molar refractivity (Wildman–Crippen MR) is 65.2 cm³/mol. The summed E-state index contributed by atoms with van der Waals surface area (Å²) in [7, 11) is 1.55. The Labute approximate surface area is 101 Å². The van der Waals surface area contributed by atoms with Gasteiger partial charge < -0.3 is 14.9 Å². The lowest BCUT2D eigenvalue weighted by Crippen LogP contribution is -2.37. The summed E-state index contributed by atoms with van der Waals surface area (Å²) in [6.07, 6.45) is 1.64. The standard InChI is InChI=1S/C13H19NO3/c1-17-12-6-2-4-10(13(12)16)8-14-7-3-5-11(15)9-14/h2,4,6,11,15-16H,3,5,7-9H2,1H3/t11-/m0/s1. The van der Waals surface area contributed by atoms with Crippen molar-refractivity contribution in [1.29, 1.82) is 0 Å². The van der Waals surface area contributed by atoms with E-state index in [1.165, 1.54) is 0 Å². The molecule has 94 valence electrons. The van der Waals surface area contributed by atoms with E-state index < -0.39 is 0 Å². The monoisotopic (exact) mass is 237 g/mol. The minimum Gasteiger partial charge on any atom is -0.504 e. The zero-order valence-corrected chi connectivity index (χ0v) is 10.1. The van der Waals surface area contributed by atoms with Crippen molar-refractivity contribution in [2.75, 3.05) is 20.2 Å². The lowest BCUT2D eigenvalue weighted by Gasteiger charge is -2.30. The van der Waals surface area contributed by atoms with Gasteiger partial charge in [-0.2, -0.15) is 0 Å². The molecule has 1 atom stereocenters. The first kappa shape index (κ1) is 12.2. The van der Waals surface area contributed by atoms with Crippen molar-refractivity contribution in [1.82, 2.24) is 4.90 Å². The number of nitrogens with zero attached hydrogens (tertiary/aromatic N) is 1. The van der Waals surface area contributed by atoms with Crippen molar-refractivity contribution >= 4 is 0 Å². The summed E-state index contributed by atoms with van der Waals surface area (Å²) < 4.78 is 5.08. The van der Waals surface area contributed by atoms with Gasteiger partial charge in [-0.15, -0.1) is 0 Å². The average Bonchev–Trinajstić information content (AvgIpc) is 2.32. The molecule has 0 unspecified atom stereocenters. The zero-order chi connectivity index (χ0) is 12.3. The normalized spacial score (nSPS) is 21.4. The Kier molecular flexibility index (Phi) is 3.86. The van der Waals surface area contributed by atoms with Crippen LogP contribution in [0.3, 0.4) is 0 Å². The number of phenolic OH excluding ortho intramolecular Hbond substituents is 1. The molecule has 0 amide bonds. The smallest absolute Gasteiger partial charge is 0.162 e. The number of β-amino-alcohol motifs (C(OH)–C–C–N with tert-alkyl or cyclic N) is 1. The SMILES string of the molecule is COc1cccc(CN2CCC[C@H](O)C2)c1O. The third-order valence-electron chi connectivity index (χ3n) is 3.18. The van der Waals surface area contributed by atoms with Crippen LogP contribution in [0.1, 0.15) is 18.4 Å². The summed E-state index contributed by atoms with van der Waals surface area (Å²) in [5, 5.41) is 19.6. The highest BCUT2D eigenvalue weighted by Gasteiger charge is 2.19. The molecule has 1 fully saturated rings. The van der Waals surface area contributed by atoms with Crippen molar-refractivity contribution in [3.63, 3.8) is 0 Å². The van der Waals surface area contributed by atoms with Gasteiger partial charge in [0, 0.05) is 18.7 Å². The number of benzene rings is 1. The van der Waals surface area contributed by atoms with Crippen molar-refractivity contribution in [2.45, 2.75) is 25.5 Å². The van der Waals surface area contributed by atoms with Gasteiger partial charge in [0.05, 0.1) is 13.2 Å². The number of para-hydroxylation sites is 1. The van der Waals surface area contributed by atoms with Crippen molar-refractivity contribution in [3.05, 3.63) is 23.8 Å². The fraction of sp³-hybridized carbons (Fsp3) is 0.538. The molecule has 0 aliphatic carbocycles. The van der Waals surface area contributed by atoms with E-state index in [4.69, 9.17) is 4.74 Å². The van der Waals surface area contributed by atoms with Gasteiger partial charge in [0.1, 0.15) is 0 Å². The molecule has 1 heterocycles. The highest BCUT2D eigenvalue weighted by molar-refractivity contribution is 5.45. The van der Waals surface area contributed by atoms with Gasteiger partial charge in [-0.05, 0) is 25.5 Å². The number of aliphatic hydroxyl groups excluding tert-OH is 1. The third-order valence-corrected chi connectivity index (χ3v) is 3.18. The molecule has 0 spiro atoms. The third kappa shape index (κ3) is 2.90. The number of aromatic hydroxyl groups is 1. The van der Waals surface area contributed by atoms with Crippen LogP contribution in [-0.2, 0) is 6.54 Å². The second kappa shape index (κ2) is 5.38. The molecule has 1 aromatic rings. The van der Waals surface area contributed by atoms with Crippen LogP contribution in [-0.4, -0.2) is 41.4 Å². The highest BCUT2D eigenvalue weighted by Crippen LogP contribution is 2.30. The van der Waals surface area contributed by atoms with E-state index in [1.54, 1.807) is 13.2 Å². The van der Waals surface area contributed by atoms with Crippen LogP contribution >= 0.6 is 0 Å². The second-order valence-corrected chi connectivity index (χ2v) is 4.50. The van der Waals surface area contributed by atoms with E-state index in [1.807, 2.05) is 12.1 Å². The number of phenols is 1. The maximum absolute atomic E-state index is 9.97. The fourth-order valence-electron chi connectivity index (χ4n) is 2.28. The summed E-state index contributed by atoms with van der Waals surface area (Å²) in [6.45, 7) is 2.30. The highest BCUT2D eigenvalue weighted by atomic mass is 16.5. The number of methoxy groups -OCH3 is 1. The van der Waals surface area contributed by atoms with Gasteiger partial charge in [0.2, 0.25) is 0 Å². The first-order valence-electron chi connectivity index (χ1n) is 5.96. The summed E-state index contributed by atoms with van der Waals surface area (Å²) in [5.41, 5.74) is 0.846. The van der Waals surface area contributed by atoms with E-state index in [0.29, 0.717) is 18.8 Å². The number of hydrogen-bond acceptors (Lipinski definition) is 4. The largest absolute Gasteiger partial charge is 0.504 e. The average molecular weight is 237 g/mol. The van der Waals surface area contributed by atoms with Gasteiger partial charge in [0.15, 0.2) is 11.5 Å². The number of rotatable bonds is 3. The zero-order valence-electron chi connectivity index (χ0n) is 10.1. The second-order valence-electron chi connectivity index (χ2n) is 4.50. The first-order valence-corrected chi connectivity index (χ1v) is 5.96. The van der Waals surface area contributed by atoms with Gasteiger partial charge >= 0.3 is 0 Å². The molecule has 0 aromatic heterocycles. The van der Waals surface area contributed by atoms with Crippen LogP contribution in [0.15, 0.2) is 18.2 Å². The summed E-state index contributed by atoms with van der Waals surface area (Å²) in [4.78, 5) is 2.16. The molecule has 4 nitrogen and oxygen atoms in total. The number of piperidine rings is 1. The van der Waals surface area contributed by atoms with E-state index in [-0.39, 0.29) is 11.9 Å². The van der Waals surface area contributed by atoms with Crippen LogP contribution < -0.4 is 4.74 Å². The predicted octanol–water partition coefficient (Wildman–Crippen LogP) is 1.36. The summed E-state index contributed by atoms with van der Waals surface area (Å²) in [5.74, 6) is 0.704. The molecule has 1 aliphatic rings. The molecular weight excluding hydrogens is 218 g/mol. The minimum absolute atomic E-state index is 0.204. The van der Waals surface area contributed by atoms with Crippen LogP contribution in [0.5, 0.6) is 11.5 Å². The Hall–Kier alpha value is -1.26. The number of aliphatic hydroxyl groups is 1. The molecule has 2 rings (SSSR count). The summed E-state index contributed by atoms with van der Waals surface area (Å²) in [6, 6.07) is 5.50. The van der Waals surface area contributed by atoms with Crippen LogP contribution in [0, 0.1) is 0 Å². The number of likely N-dealkylation sites (tertiary alicyclic amines) is 1. The van der Waals surface area contributed by atoms with E-state index in [2.05, 4.69) is 4.90 Å². The van der Waals surface area contributed by atoms with Crippen LogP contribution in [0.4, 0.5) is 0 Å².